The lowest BCUT2D eigenvalue weighted by molar-refractivity contribution is 0.0659. The highest BCUT2D eigenvalue weighted by atomic mass is 16.4. The summed E-state index contributed by atoms with van der Waals surface area (Å²) in [7, 11) is 0. The van der Waals surface area contributed by atoms with Gasteiger partial charge in [0.25, 0.3) is 0 Å². The molecule has 1 aromatic heterocycles. The van der Waals surface area contributed by atoms with E-state index in [0.29, 0.717) is 17.9 Å². The van der Waals surface area contributed by atoms with Crippen molar-refractivity contribution in [3.8, 4) is 0 Å². The van der Waals surface area contributed by atoms with Crippen molar-refractivity contribution < 1.29 is 14.3 Å². The van der Waals surface area contributed by atoms with E-state index in [1.807, 2.05) is 0 Å². The maximum absolute atomic E-state index is 10.8. The molecule has 1 aliphatic carbocycles. The predicted molar refractivity (Wildman–Crippen MR) is 73.3 cm³/mol. The van der Waals surface area contributed by atoms with Crippen LogP contribution in [0.2, 0.25) is 0 Å². The summed E-state index contributed by atoms with van der Waals surface area (Å²) in [4.78, 5) is 10.8. The standard InChI is InChI=1S/C15H23NO3/c1-11-9-13(19-14(11)15(17)18)10-16-8-4-7-12-5-2-3-6-12/h9,12,16H,2-8,10H2,1H3,(H,17,18). The molecule has 4 nitrogen and oxygen atoms in total. The molecular formula is C15H23NO3. The van der Waals surface area contributed by atoms with Gasteiger partial charge in [0.15, 0.2) is 0 Å². The number of furan rings is 1. The van der Waals surface area contributed by atoms with E-state index >= 15 is 0 Å². The summed E-state index contributed by atoms with van der Waals surface area (Å²) in [5.74, 6) is 0.703. The largest absolute Gasteiger partial charge is 0.475 e. The van der Waals surface area contributed by atoms with Crippen LogP contribution in [0.5, 0.6) is 0 Å². The van der Waals surface area contributed by atoms with Crippen molar-refractivity contribution in [3.63, 3.8) is 0 Å². The van der Waals surface area contributed by atoms with E-state index in [0.717, 1.165) is 12.5 Å². The number of rotatable bonds is 7. The minimum Gasteiger partial charge on any atom is -0.475 e. The Labute approximate surface area is 114 Å². The third-order valence-electron chi connectivity index (χ3n) is 3.90. The first kappa shape index (κ1) is 14.1. The molecule has 4 heteroatoms. The number of carboxylic acid groups (broad SMARTS) is 1. The summed E-state index contributed by atoms with van der Waals surface area (Å²) in [6.07, 6.45) is 8.11. The van der Waals surface area contributed by atoms with Crippen molar-refractivity contribution in [1.82, 2.24) is 5.32 Å². The van der Waals surface area contributed by atoms with Gasteiger partial charge in [-0.1, -0.05) is 25.7 Å². The molecule has 0 aliphatic heterocycles. The number of carboxylic acids is 1. The summed E-state index contributed by atoms with van der Waals surface area (Å²) in [5, 5.41) is 12.2. The zero-order valence-corrected chi connectivity index (χ0v) is 11.6. The van der Waals surface area contributed by atoms with Gasteiger partial charge in [-0.3, -0.25) is 0 Å². The van der Waals surface area contributed by atoms with Gasteiger partial charge in [-0.05, 0) is 38.3 Å². The molecule has 106 valence electrons. The van der Waals surface area contributed by atoms with Crippen molar-refractivity contribution in [2.24, 2.45) is 5.92 Å². The number of aryl methyl sites for hydroxylation is 1. The Balaban J connectivity index is 1.65. The molecule has 1 fully saturated rings. The third kappa shape index (κ3) is 4.10. The quantitative estimate of drug-likeness (QED) is 0.742. The topological polar surface area (TPSA) is 62.5 Å². The number of carbonyl (C=O) groups is 1. The van der Waals surface area contributed by atoms with Crippen LogP contribution in [0.1, 0.15) is 60.4 Å². The maximum Gasteiger partial charge on any atom is 0.372 e. The summed E-state index contributed by atoms with van der Waals surface area (Å²) >= 11 is 0. The second-order valence-electron chi connectivity index (χ2n) is 5.50. The van der Waals surface area contributed by atoms with Crippen LogP contribution in [0.25, 0.3) is 0 Å². The van der Waals surface area contributed by atoms with Gasteiger partial charge in [0, 0.05) is 5.56 Å². The molecule has 2 rings (SSSR count). The monoisotopic (exact) mass is 265 g/mol. The van der Waals surface area contributed by atoms with Crippen LogP contribution in [-0.4, -0.2) is 17.6 Å². The Morgan fingerprint density at radius 2 is 2.21 bits per heavy atom. The summed E-state index contributed by atoms with van der Waals surface area (Å²) < 4.78 is 5.29. The number of hydrogen-bond donors (Lipinski definition) is 2. The fraction of sp³-hybridized carbons (Fsp3) is 0.667. The normalized spacial score (nSPS) is 16.1. The second kappa shape index (κ2) is 6.75. The lowest BCUT2D eigenvalue weighted by Crippen LogP contribution is -2.15. The Bertz CT molecular complexity index is 419. The molecule has 0 atom stereocenters. The van der Waals surface area contributed by atoms with Gasteiger partial charge in [0.1, 0.15) is 5.76 Å². The molecule has 0 amide bonds. The number of hydrogen-bond acceptors (Lipinski definition) is 3. The average molecular weight is 265 g/mol. The lowest BCUT2D eigenvalue weighted by atomic mass is 10.0. The van der Waals surface area contributed by atoms with Crippen molar-refractivity contribution in [2.75, 3.05) is 6.54 Å². The molecule has 0 spiro atoms. The Kier molecular flexibility index (Phi) is 5.02. The van der Waals surface area contributed by atoms with Crippen molar-refractivity contribution in [2.45, 2.75) is 52.0 Å². The van der Waals surface area contributed by atoms with E-state index in [1.54, 1.807) is 13.0 Å². The van der Waals surface area contributed by atoms with Crippen molar-refractivity contribution in [3.05, 3.63) is 23.2 Å². The minimum atomic E-state index is -0.995. The van der Waals surface area contributed by atoms with E-state index in [4.69, 9.17) is 9.52 Å². The SMILES string of the molecule is Cc1cc(CNCCCC2CCCC2)oc1C(=O)O. The van der Waals surface area contributed by atoms with Crippen LogP contribution >= 0.6 is 0 Å². The molecule has 1 heterocycles. The molecule has 0 bridgehead atoms. The molecule has 0 aromatic carbocycles. The molecule has 0 radical (unpaired) electrons. The highest BCUT2D eigenvalue weighted by Gasteiger charge is 2.15. The highest BCUT2D eigenvalue weighted by molar-refractivity contribution is 5.86. The summed E-state index contributed by atoms with van der Waals surface area (Å²) in [6.45, 7) is 3.34. The van der Waals surface area contributed by atoms with Crippen LogP contribution in [0.4, 0.5) is 0 Å². The first-order valence-electron chi connectivity index (χ1n) is 7.20. The van der Waals surface area contributed by atoms with Gasteiger partial charge >= 0.3 is 5.97 Å². The van der Waals surface area contributed by atoms with Gasteiger partial charge < -0.3 is 14.8 Å². The van der Waals surface area contributed by atoms with Gasteiger partial charge in [0.2, 0.25) is 5.76 Å². The van der Waals surface area contributed by atoms with Crippen molar-refractivity contribution in [1.29, 1.82) is 0 Å². The van der Waals surface area contributed by atoms with E-state index in [-0.39, 0.29) is 5.76 Å². The molecule has 0 unspecified atom stereocenters. The Morgan fingerprint density at radius 3 is 2.84 bits per heavy atom. The van der Waals surface area contributed by atoms with Gasteiger partial charge in [-0.25, -0.2) is 4.79 Å². The van der Waals surface area contributed by atoms with Crippen LogP contribution in [-0.2, 0) is 6.54 Å². The number of aromatic carboxylic acids is 1. The Morgan fingerprint density at radius 1 is 1.47 bits per heavy atom. The average Bonchev–Trinajstić information content (AvgIpc) is 2.98. The molecular weight excluding hydrogens is 242 g/mol. The predicted octanol–water partition coefficient (Wildman–Crippen LogP) is 3.35. The van der Waals surface area contributed by atoms with E-state index in [1.165, 1.54) is 38.5 Å². The van der Waals surface area contributed by atoms with Crippen LogP contribution in [0, 0.1) is 12.8 Å². The third-order valence-corrected chi connectivity index (χ3v) is 3.90. The van der Waals surface area contributed by atoms with Crippen LogP contribution < -0.4 is 5.32 Å². The van der Waals surface area contributed by atoms with Gasteiger partial charge in [0.05, 0.1) is 6.54 Å². The summed E-state index contributed by atoms with van der Waals surface area (Å²) in [6, 6.07) is 1.80. The first-order chi connectivity index (χ1) is 9.16. The first-order valence-corrected chi connectivity index (χ1v) is 7.20. The van der Waals surface area contributed by atoms with E-state index in [2.05, 4.69) is 5.32 Å². The summed E-state index contributed by atoms with van der Waals surface area (Å²) in [5.41, 5.74) is 0.690. The van der Waals surface area contributed by atoms with E-state index < -0.39 is 5.97 Å². The van der Waals surface area contributed by atoms with Crippen LogP contribution in [0.3, 0.4) is 0 Å². The highest BCUT2D eigenvalue weighted by Crippen LogP contribution is 2.28. The second-order valence-corrected chi connectivity index (χ2v) is 5.50. The van der Waals surface area contributed by atoms with E-state index in [9.17, 15) is 4.79 Å². The molecule has 2 N–H and O–H groups in total. The molecule has 19 heavy (non-hydrogen) atoms. The lowest BCUT2D eigenvalue weighted by Gasteiger charge is -2.08. The Hall–Kier alpha value is -1.29. The molecule has 0 saturated heterocycles. The van der Waals surface area contributed by atoms with Crippen LogP contribution in [0.15, 0.2) is 10.5 Å². The fourth-order valence-electron chi connectivity index (χ4n) is 2.87. The smallest absolute Gasteiger partial charge is 0.372 e. The van der Waals surface area contributed by atoms with Gasteiger partial charge in [-0.2, -0.15) is 0 Å². The zero-order chi connectivity index (χ0) is 13.7. The van der Waals surface area contributed by atoms with Crippen molar-refractivity contribution >= 4 is 5.97 Å². The molecule has 1 aromatic rings. The zero-order valence-electron chi connectivity index (χ0n) is 11.6. The molecule has 1 saturated carbocycles. The number of nitrogens with one attached hydrogen (secondary N) is 1. The fourth-order valence-corrected chi connectivity index (χ4v) is 2.87. The molecule has 1 aliphatic rings. The van der Waals surface area contributed by atoms with Gasteiger partial charge in [-0.15, -0.1) is 0 Å². The maximum atomic E-state index is 10.8. The minimum absolute atomic E-state index is 0.0581.